The van der Waals surface area contributed by atoms with Gasteiger partial charge in [0.25, 0.3) is 0 Å². The molecular weight excluding hydrogens is 431 g/mol. The summed E-state index contributed by atoms with van der Waals surface area (Å²) < 4.78 is 13.9. The molecule has 176 valence electrons. The largest absolute Gasteiger partial charge is 0.356 e. The normalized spacial score (nSPS) is 26.9. The van der Waals surface area contributed by atoms with Crippen LogP contribution in [0.15, 0.2) is 24.3 Å². The summed E-state index contributed by atoms with van der Waals surface area (Å²) in [5.74, 6) is -3.64. The first-order valence-corrected chi connectivity index (χ1v) is 11.3. The van der Waals surface area contributed by atoms with Gasteiger partial charge in [-0.1, -0.05) is 18.6 Å². The Morgan fingerprint density at radius 1 is 1.21 bits per heavy atom. The molecule has 1 aromatic rings. The fourth-order valence-corrected chi connectivity index (χ4v) is 5.31. The molecule has 5 atom stereocenters. The maximum atomic E-state index is 13.9. The van der Waals surface area contributed by atoms with E-state index in [9.17, 15) is 28.4 Å². The highest BCUT2D eigenvalue weighted by atomic mass is 19.1. The van der Waals surface area contributed by atoms with Crippen LogP contribution in [0.1, 0.15) is 32.1 Å². The van der Waals surface area contributed by atoms with E-state index in [2.05, 4.69) is 16.0 Å². The van der Waals surface area contributed by atoms with Crippen molar-refractivity contribution in [1.82, 2.24) is 15.5 Å². The van der Waals surface area contributed by atoms with Crippen LogP contribution in [0.5, 0.6) is 0 Å². The number of likely N-dealkylation sites (tertiary alicyclic amines) is 1. The van der Waals surface area contributed by atoms with Crippen LogP contribution >= 0.6 is 0 Å². The van der Waals surface area contributed by atoms with Gasteiger partial charge in [0.05, 0.1) is 11.7 Å². The standard InChI is InChI=1S/C23H27FN4O5/c24-17-6-1-2-7-18(17)27-22(32)23(33)28-11-14-4-3-5-16(14)19(28)21(31)26-15(12-29)10-13-8-9-25-20(13)30/h1-2,6-7,12-16,19H,3-5,8-11H2,(H,25,30)(H,26,31)(H,27,32)/t13-,14-,15-,16-,19-/m0/s1. The lowest BCUT2D eigenvalue weighted by atomic mass is 9.92. The van der Waals surface area contributed by atoms with Gasteiger partial charge in [0, 0.05) is 19.0 Å². The number of benzene rings is 1. The van der Waals surface area contributed by atoms with Crippen molar-refractivity contribution >= 4 is 35.6 Å². The first-order valence-electron chi connectivity index (χ1n) is 11.3. The summed E-state index contributed by atoms with van der Waals surface area (Å²) in [5.41, 5.74) is -0.118. The minimum Gasteiger partial charge on any atom is -0.356 e. The number of carbonyl (C=O) groups is 5. The van der Waals surface area contributed by atoms with Gasteiger partial charge in [-0.3, -0.25) is 19.2 Å². The van der Waals surface area contributed by atoms with Crippen LogP contribution in [-0.4, -0.2) is 60.0 Å². The van der Waals surface area contributed by atoms with E-state index in [0.717, 1.165) is 19.3 Å². The van der Waals surface area contributed by atoms with Crippen molar-refractivity contribution in [1.29, 1.82) is 0 Å². The molecule has 0 bridgehead atoms. The zero-order valence-electron chi connectivity index (χ0n) is 18.1. The third-order valence-corrected chi connectivity index (χ3v) is 6.93. The van der Waals surface area contributed by atoms with E-state index in [4.69, 9.17) is 0 Å². The first kappa shape index (κ1) is 22.9. The van der Waals surface area contributed by atoms with Gasteiger partial charge in [-0.15, -0.1) is 0 Å². The van der Waals surface area contributed by atoms with Crippen LogP contribution in [0.4, 0.5) is 10.1 Å². The van der Waals surface area contributed by atoms with Crippen LogP contribution < -0.4 is 16.0 Å². The summed E-state index contributed by atoms with van der Waals surface area (Å²) >= 11 is 0. The van der Waals surface area contributed by atoms with Crippen LogP contribution in [0.3, 0.4) is 0 Å². The van der Waals surface area contributed by atoms with Crippen molar-refractivity contribution in [2.75, 3.05) is 18.4 Å². The summed E-state index contributed by atoms with van der Waals surface area (Å²) in [6.45, 7) is 0.790. The van der Waals surface area contributed by atoms with E-state index in [1.165, 1.54) is 29.2 Å². The highest BCUT2D eigenvalue weighted by Gasteiger charge is 2.50. The molecule has 1 aromatic carbocycles. The second-order valence-electron chi connectivity index (χ2n) is 8.95. The average Bonchev–Trinajstić information content (AvgIpc) is 3.50. The summed E-state index contributed by atoms with van der Waals surface area (Å²) in [6, 6.07) is 3.75. The van der Waals surface area contributed by atoms with Crippen molar-refractivity contribution in [3.8, 4) is 0 Å². The molecule has 3 fully saturated rings. The Bertz CT molecular complexity index is 970. The lowest BCUT2D eigenvalue weighted by Crippen LogP contribution is -2.53. The molecule has 33 heavy (non-hydrogen) atoms. The number of hydrogen-bond acceptors (Lipinski definition) is 5. The maximum Gasteiger partial charge on any atom is 0.314 e. The summed E-state index contributed by atoms with van der Waals surface area (Å²) in [4.78, 5) is 63.5. The quantitative estimate of drug-likeness (QED) is 0.425. The number of nitrogens with zero attached hydrogens (tertiary/aromatic N) is 1. The highest BCUT2D eigenvalue weighted by Crippen LogP contribution is 2.42. The van der Waals surface area contributed by atoms with Gasteiger partial charge < -0.3 is 25.6 Å². The molecule has 3 aliphatic rings. The van der Waals surface area contributed by atoms with Crippen molar-refractivity contribution in [3.05, 3.63) is 30.1 Å². The fraction of sp³-hybridized carbons (Fsp3) is 0.522. The molecule has 2 heterocycles. The molecule has 10 heteroatoms. The third-order valence-electron chi connectivity index (χ3n) is 6.93. The molecule has 3 N–H and O–H groups in total. The summed E-state index contributed by atoms with van der Waals surface area (Å²) in [7, 11) is 0. The zero-order chi connectivity index (χ0) is 23.5. The summed E-state index contributed by atoms with van der Waals surface area (Å²) in [5, 5.41) is 7.66. The highest BCUT2D eigenvalue weighted by molar-refractivity contribution is 6.40. The maximum absolute atomic E-state index is 13.9. The molecule has 0 spiro atoms. The lowest BCUT2D eigenvalue weighted by molar-refractivity contribution is -0.147. The number of rotatable bonds is 6. The van der Waals surface area contributed by atoms with Gasteiger partial charge in [0.15, 0.2) is 0 Å². The molecular formula is C23H27FN4O5. The van der Waals surface area contributed by atoms with Crippen LogP contribution in [0, 0.1) is 23.6 Å². The van der Waals surface area contributed by atoms with Crippen molar-refractivity contribution in [2.45, 2.75) is 44.2 Å². The minimum absolute atomic E-state index is 0.0845. The number of carbonyl (C=O) groups excluding carboxylic acids is 5. The molecule has 0 aromatic heterocycles. The minimum atomic E-state index is -1.02. The van der Waals surface area contributed by atoms with E-state index in [1.807, 2.05) is 0 Å². The van der Waals surface area contributed by atoms with E-state index in [0.29, 0.717) is 19.3 Å². The van der Waals surface area contributed by atoms with Gasteiger partial charge in [-0.25, -0.2) is 4.39 Å². The van der Waals surface area contributed by atoms with Gasteiger partial charge >= 0.3 is 11.8 Å². The van der Waals surface area contributed by atoms with Crippen molar-refractivity contribution < 1.29 is 28.4 Å². The molecule has 1 saturated carbocycles. The molecule has 0 radical (unpaired) electrons. The van der Waals surface area contributed by atoms with Gasteiger partial charge in [0.2, 0.25) is 11.8 Å². The molecule has 4 rings (SSSR count). The first-order chi connectivity index (χ1) is 15.9. The van der Waals surface area contributed by atoms with Gasteiger partial charge in [-0.05, 0) is 49.7 Å². The number of amides is 4. The topological polar surface area (TPSA) is 125 Å². The number of hydrogen-bond donors (Lipinski definition) is 3. The van der Waals surface area contributed by atoms with E-state index >= 15 is 0 Å². The Hall–Kier alpha value is -3.30. The third kappa shape index (κ3) is 4.74. The van der Waals surface area contributed by atoms with E-state index in [1.54, 1.807) is 0 Å². The molecule has 1 aliphatic carbocycles. The number of anilines is 1. The van der Waals surface area contributed by atoms with Crippen molar-refractivity contribution in [3.63, 3.8) is 0 Å². The number of aldehydes is 1. The van der Waals surface area contributed by atoms with Crippen molar-refractivity contribution in [2.24, 2.45) is 17.8 Å². The Labute approximate surface area is 190 Å². The molecule has 2 aliphatic heterocycles. The van der Waals surface area contributed by atoms with E-state index < -0.39 is 35.6 Å². The zero-order valence-corrected chi connectivity index (χ0v) is 18.1. The SMILES string of the molecule is O=C[C@H](C[C@@H]1CCNC1=O)NC(=O)[C@@H]1[C@H]2CCC[C@H]2CN1C(=O)C(=O)Nc1ccccc1F. The van der Waals surface area contributed by atoms with Crippen LogP contribution in [-0.2, 0) is 24.0 Å². The molecule has 0 unspecified atom stereocenters. The molecule has 9 nitrogen and oxygen atoms in total. The fourth-order valence-electron chi connectivity index (χ4n) is 5.31. The monoisotopic (exact) mass is 458 g/mol. The van der Waals surface area contributed by atoms with E-state index in [-0.39, 0.29) is 42.3 Å². The number of halogens is 1. The Kier molecular flexibility index (Phi) is 6.71. The predicted molar refractivity (Wildman–Crippen MR) is 115 cm³/mol. The summed E-state index contributed by atoms with van der Waals surface area (Å²) in [6.07, 6.45) is 3.87. The average molecular weight is 458 g/mol. The predicted octanol–water partition coefficient (Wildman–Crippen LogP) is 0.601. The number of nitrogens with one attached hydrogen (secondary N) is 3. The second-order valence-corrected chi connectivity index (χ2v) is 8.95. The number of para-hydroxylation sites is 1. The van der Waals surface area contributed by atoms with Gasteiger partial charge in [0.1, 0.15) is 18.1 Å². The smallest absolute Gasteiger partial charge is 0.314 e. The van der Waals surface area contributed by atoms with Gasteiger partial charge in [-0.2, -0.15) is 0 Å². The molecule has 2 saturated heterocycles. The van der Waals surface area contributed by atoms with Crippen LogP contribution in [0.2, 0.25) is 0 Å². The molecule has 4 amide bonds. The lowest BCUT2D eigenvalue weighted by Gasteiger charge is -2.28. The Morgan fingerprint density at radius 2 is 2.00 bits per heavy atom. The van der Waals surface area contributed by atoms with Crippen LogP contribution in [0.25, 0.3) is 0 Å². The Balaban J connectivity index is 1.46. The second kappa shape index (κ2) is 9.68. The Morgan fingerprint density at radius 3 is 2.70 bits per heavy atom. The number of fused-ring (bicyclic) bond motifs is 1.